The molecule has 0 saturated carbocycles. The molecular formula is C7H5ClN2O3. The minimum Gasteiger partial charge on any atom is -0.258 e. The molecule has 0 amide bonds. The molecule has 0 unspecified atom stereocenters. The largest absolute Gasteiger partial charge is 0.288 e. The van der Waals surface area contributed by atoms with Gasteiger partial charge in [0.1, 0.15) is 10.7 Å². The van der Waals surface area contributed by atoms with Gasteiger partial charge in [-0.1, -0.05) is 11.6 Å². The van der Waals surface area contributed by atoms with Gasteiger partial charge in [-0.2, -0.15) is 0 Å². The van der Waals surface area contributed by atoms with Gasteiger partial charge in [0, 0.05) is 11.6 Å². The zero-order valence-electron chi connectivity index (χ0n) is 6.65. The van der Waals surface area contributed by atoms with Crippen molar-refractivity contribution in [1.82, 2.24) is 0 Å². The van der Waals surface area contributed by atoms with Crippen LogP contribution < -0.4 is 0 Å². The second-order valence-corrected chi connectivity index (χ2v) is 2.77. The van der Waals surface area contributed by atoms with Crippen LogP contribution >= 0.6 is 11.6 Å². The van der Waals surface area contributed by atoms with Crippen molar-refractivity contribution in [3.63, 3.8) is 0 Å². The minimum absolute atomic E-state index is 0.0397. The normalized spacial score (nSPS) is 9.69. The van der Waals surface area contributed by atoms with Crippen LogP contribution in [0.1, 0.15) is 5.56 Å². The molecule has 0 spiro atoms. The van der Waals surface area contributed by atoms with Crippen LogP contribution in [-0.2, 0) is 0 Å². The third kappa shape index (κ3) is 1.65. The summed E-state index contributed by atoms with van der Waals surface area (Å²) in [5, 5.41) is 13.0. The Hall–Kier alpha value is -1.49. The average molecular weight is 201 g/mol. The van der Waals surface area contributed by atoms with Crippen LogP contribution in [0.3, 0.4) is 0 Å². The number of hydrogen-bond acceptors (Lipinski definition) is 4. The lowest BCUT2D eigenvalue weighted by atomic mass is 10.2. The molecule has 0 aliphatic rings. The fourth-order valence-electron chi connectivity index (χ4n) is 0.900. The third-order valence-electron chi connectivity index (χ3n) is 1.63. The van der Waals surface area contributed by atoms with Crippen LogP contribution in [0.2, 0.25) is 5.02 Å². The number of rotatable bonds is 2. The molecular weight excluding hydrogens is 196 g/mol. The molecule has 5 nitrogen and oxygen atoms in total. The van der Waals surface area contributed by atoms with Crippen LogP contribution in [0, 0.1) is 21.9 Å². The smallest absolute Gasteiger partial charge is 0.258 e. The Balaban J connectivity index is 3.39. The summed E-state index contributed by atoms with van der Waals surface area (Å²) in [4.78, 5) is 20.0. The van der Waals surface area contributed by atoms with Crippen molar-refractivity contribution in [2.45, 2.75) is 6.92 Å². The number of hydrogen-bond donors (Lipinski definition) is 0. The summed E-state index contributed by atoms with van der Waals surface area (Å²) in [5.74, 6) is 0. The van der Waals surface area contributed by atoms with Gasteiger partial charge < -0.3 is 0 Å². The van der Waals surface area contributed by atoms with Gasteiger partial charge in [-0.25, -0.2) is 0 Å². The number of nitro groups is 1. The second-order valence-electron chi connectivity index (χ2n) is 2.39. The predicted molar refractivity (Wildman–Crippen MR) is 48.3 cm³/mol. The Bertz CT molecular complexity index is 378. The van der Waals surface area contributed by atoms with Crippen molar-refractivity contribution >= 4 is 23.0 Å². The van der Waals surface area contributed by atoms with Crippen molar-refractivity contribution in [3.8, 4) is 0 Å². The lowest BCUT2D eigenvalue weighted by molar-refractivity contribution is -0.384. The number of halogens is 1. The molecule has 0 saturated heterocycles. The Kier molecular flexibility index (Phi) is 2.57. The summed E-state index contributed by atoms with van der Waals surface area (Å²) in [7, 11) is 0. The highest BCUT2D eigenvalue weighted by atomic mass is 35.5. The van der Waals surface area contributed by atoms with Gasteiger partial charge in [0.05, 0.1) is 4.92 Å². The molecule has 6 heteroatoms. The molecule has 0 heterocycles. The fraction of sp³-hybridized carbons (Fsp3) is 0.143. The maximum Gasteiger partial charge on any atom is 0.288 e. The molecule has 0 aromatic heterocycles. The van der Waals surface area contributed by atoms with Crippen molar-refractivity contribution in [2.75, 3.05) is 0 Å². The fourth-order valence-corrected chi connectivity index (χ4v) is 1.13. The first kappa shape index (κ1) is 9.60. The van der Waals surface area contributed by atoms with Crippen LogP contribution in [-0.4, -0.2) is 4.92 Å². The molecule has 1 aromatic carbocycles. The van der Waals surface area contributed by atoms with E-state index in [0.29, 0.717) is 5.56 Å². The predicted octanol–water partition coefficient (Wildman–Crippen LogP) is 2.95. The summed E-state index contributed by atoms with van der Waals surface area (Å²) < 4.78 is 0. The molecule has 0 aliphatic carbocycles. The zero-order chi connectivity index (χ0) is 10.0. The first-order valence-corrected chi connectivity index (χ1v) is 3.72. The van der Waals surface area contributed by atoms with E-state index in [0.717, 1.165) is 6.07 Å². The second kappa shape index (κ2) is 3.49. The monoisotopic (exact) mass is 200 g/mol. The molecule has 0 atom stereocenters. The van der Waals surface area contributed by atoms with Crippen LogP contribution in [0.5, 0.6) is 0 Å². The van der Waals surface area contributed by atoms with Gasteiger partial charge in [-0.05, 0) is 18.2 Å². The number of nitroso groups, excluding NO2 is 1. The average Bonchev–Trinajstić information content (AvgIpc) is 2.09. The van der Waals surface area contributed by atoms with Crippen molar-refractivity contribution in [2.24, 2.45) is 5.18 Å². The standard InChI is InChI=1S/C7H5ClN2O3/c1-4-5(9-11)2-3-6(7(4)8)10(12)13/h2-3H,1H3. The number of nitrogens with zero attached hydrogens (tertiary/aromatic N) is 2. The summed E-state index contributed by atoms with van der Waals surface area (Å²) in [6.07, 6.45) is 0. The maximum atomic E-state index is 10.4. The van der Waals surface area contributed by atoms with Gasteiger partial charge in [0.15, 0.2) is 0 Å². The van der Waals surface area contributed by atoms with Gasteiger partial charge in [-0.15, -0.1) is 4.91 Å². The molecule has 0 radical (unpaired) electrons. The van der Waals surface area contributed by atoms with Crippen molar-refractivity contribution < 1.29 is 4.92 Å². The Morgan fingerprint density at radius 3 is 2.62 bits per heavy atom. The van der Waals surface area contributed by atoms with E-state index in [-0.39, 0.29) is 16.4 Å². The topological polar surface area (TPSA) is 72.6 Å². The molecule has 0 aliphatic heterocycles. The van der Waals surface area contributed by atoms with Crippen LogP contribution in [0.4, 0.5) is 11.4 Å². The van der Waals surface area contributed by atoms with E-state index < -0.39 is 4.92 Å². The molecule has 0 fully saturated rings. The summed E-state index contributed by atoms with van der Waals surface area (Å²) in [6.45, 7) is 1.51. The third-order valence-corrected chi connectivity index (χ3v) is 2.11. The van der Waals surface area contributed by atoms with Crippen molar-refractivity contribution in [3.05, 3.63) is 37.7 Å². The highest BCUT2D eigenvalue weighted by molar-refractivity contribution is 6.33. The Morgan fingerprint density at radius 1 is 1.54 bits per heavy atom. The van der Waals surface area contributed by atoms with E-state index in [1.165, 1.54) is 13.0 Å². The molecule has 0 bridgehead atoms. The van der Waals surface area contributed by atoms with Crippen LogP contribution in [0.15, 0.2) is 17.3 Å². The number of nitro benzene ring substituents is 1. The molecule has 13 heavy (non-hydrogen) atoms. The molecule has 1 rings (SSSR count). The summed E-state index contributed by atoms with van der Waals surface area (Å²) >= 11 is 5.63. The van der Waals surface area contributed by atoms with Gasteiger partial charge in [-0.3, -0.25) is 10.1 Å². The number of benzene rings is 1. The summed E-state index contributed by atoms with van der Waals surface area (Å²) in [5.41, 5.74) is 0.230. The quantitative estimate of drug-likeness (QED) is 0.419. The summed E-state index contributed by atoms with van der Waals surface area (Å²) in [6, 6.07) is 2.43. The Morgan fingerprint density at radius 2 is 2.15 bits per heavy atom. The first-order chi connectivity index (χ1) is 6.07. The van der Waals surface area contributed by atoms with Gasteiger partial charge >= 0.3 is 0 Å². The van der Waals surface area contributed by atoms with E-state index in [4.69, 9.17) is 11.6 Å². The Labute approximate surface area is 78.4 Å². The molecule has 1 aromatic rings. The lowest BCUT2D eigenvalue weighted by Crippen LogP contribution is -1.90. The van der Waals surface area contributed by atoms with E-state index in [2.05, 4.69) is 5.18 Å². The lowest BCUT2D eigenvalue weighted by Gasteiger charge is -1.99. The first-order valence-electron chi connectivity index (χ1n) is 3.34. The van der Waals surface area contributed by atoms with E-state index in [1.807, 2.05) is 0 Å². The van der Waals surface area contributed by atoms with Crippen molar-refractivity contribution in [1.29, 1.82) is 0 Å². The van der Waals surface area contributed by atoms with Gasteiger partial charge in [0.2, 0.25) is 0 Å². The highest BCUT2D eigenvalue weighted by Crippen LogP contribution is 2.33. The molecule has 68 valence electrons. The van der Waals surface area contributed by atoms with E-state index in [9.17, 15) is 15.0 Å². The van der Waals surface area contributed by atoms with E-state index >= 15 is 0 Å². The minimum atomic E-state index is -0.607. The van der Waals surface area contributed by atoms with E-state index in [1.54, 1.807) is 0 Å². The van der Waals surface area contributed by atoms with Gasteiger partial charge in [0.25, 0.3) is 5.69 Å². The highest BCUT2D eigenvalue weighted by Gasteiger charge is 2.16. The zero-order valence-corrected chi connectivity index (χ0v) is 7.41. The SMILES string of the molecule is Cc1c(N=O)ccc([N+](=O)[O-])c1Cl. The maximum absolute atomic E-state index is 10.4. The van der Waals surface area contributed by atoms with Crippen LogP contribution in [0.25, 0.3) is 0 Å². The molecule has 0 N–H and O–H groups in total.